The molecule has 1 aliphatic carbocycles. The molecule has 2 aliphatic rings. The monoisotopic (exact) mass is 199 g/mol. The van der Waals surface area contributed by atoms with Gasteiger partial charge in [0, 0.05) is 12.3 Å². The van der Waals surface area contributed by atoms with Gasteiger partial charge in [-0.3, -0.25) is 0 Å². The van der Waals surface area contributed by atoms with E-state index < -0.39 is 0 Å². The Hall–Kier alpha value is -1.57. The maximum Gasteiger partial charge on any atom is 0.122 e. The van der Waals surface area contributed by atoms with E-state index in [-0.39, 0.29) is 0 Å². The van der Waals surface area contributed by atoms with E-state index in [9.17, 15) is 0 Å². The fourth-order valence-electron chi connectivity index (χ4n) is 2.32. The van der Waals surface area contributed by atoms with Gasteiger partial charge in [-0.15, -0.1) is 0 Å². The summed E-state index contributed by atoms with van der Waals surface area (Å²) in [4.78, 5) is 5.09. The van der Waals surface area contributed by atoms with Crippen LogP contribution in [0.4, 0.5) is 0 Å². The lowest BCUT2D eigenvalue weighted by atomic mass is 9.83. The maximum absolute atomic E-state index is 5.09. The molecule has 1 heterocycles. The Morgan fingerprint density at radius 3 is 3.07 bits per heavy atom. The van der Waals surface area contributed by atoms with Gasteiger partial charge >= 0.3 is 0 Å². The lowest BCUT2D eigenvalue weighted by Gasteiger charge is -2.20. The fourth-order valence-corrected chi connectivity index (χ4v) is 2.32. The average Bonchev–Trinajstić information content (AvgIpc) is 2.82. The predicted octanol–water partition coefficient (Wildman–Crippen LogP) is 2.96. The largest absolute Gasteiger partial charge is 0.395 e. The van der Waals surface area contributed by atoms with E-state index in [1.165, 1.54) is 16.8 Å². The molecular weight excluding hydrogens is 186 g/mol. The van der Waals surface area contributed by atoms with Crippen molar-refractivity contribution in [1.29, 1.82) is 0 Å². The Kier molecular flexibility index (Phi) is 2.05. The minimum Gasteiger partial charge on any atom is -0.395 e. The molecule has 1 atom stereocenters. The molecule has 15 heavy (non-hydrogen) atoms. The van der Waals surface area contributed by atoms with Gasteiger partial charge in [0.2, 0.25) is 0 Å². The molecule has 3 rings (SSSR count). The van der Waals surface area contributed by atoms with Gasteiger partial charge in [0.15, 0.2) is 0 Å². The quantitative estimate of drug-likeness (QED) is 0.681. The molecule has 76 valence electrons. The van der Waals surface area contributed by atoms with E-state index >= 15 is 0 Å². The third kappa shape index (κ3) is 1.46. The van der Waals surface area contributed by atoms with Crippen molar-refractivity contribution in [2.24, 2.45) is 5.16 Å². The summed E-state index contributed by atoms with van der Waals surface area (Å²) in [5.74, 6) is 0.439. The van der Waals surface area contributed by atoms with Crippen LogP contribution in [0.15, 0.2) is 35.5 Å². The van der Waals surface area contributed by atoms with E-state index in [2.05, 4.69) is 41.6 Å². The van der Waals surface area contributed by atoms with Crippen LogP contribution in [0.3, 0.4) is 0 Å². The molecule has 0 amide bonds. The van der Waals surface area contributed by atoms with Gasteiger partial charge < -0.3 is 4.84 Å². The van der Waals surface area contributed by atoms with Crippen LogP contribution >= 0.6 is 0 Å². The summed E-state index contributed by atoms with van der Waals surface area (Å²) < 4.78 is 0. The van der Waals surface area contributed by atoms with Crippen molar-refractivity contribution in [3.8, 4) is 0 Å². The third-order valence-electron chi connectivity index (χ3n) is 3.07. The van der Waals surface area contributed by atoms with Gasteiger partial charge in [-0.2, -0.15) is 0 Å². The first-order chi connectivity index (χ1) is 7.45. The third-order valence-corrected chi connectivity index (χ3v) is 3.07. The van der Waals surface area contributed by atoms with Gasteiger partial charge in [-0.05, 0) is 17.5 Å². The first-order valence-corrected chi connectivity index (χ1v) is 5.39. The SMILES string of the molecule is C1=Cc2ccccc2C(C2=NOCC2)C1. The highest BCUT2D eigenvalue weighted by atomic mass is 16.6. The van der Waals surface area contributed by atoms with Crippen LogP contribution in [-0.4, -0.2) is 12.3 Å². The molecule has 1 unspecified atom stereocenters. The van der Waals surface area contributed by atoms with Gasteiger partial charge in [-0.25, -0.2) is 0 Å². The normalized spacial score (nSPS) is 23.2. The second-order valence-corrected chi connectivity index (χ2v) is 3.99. The Morgan fingerprint density at radius 1 is 1.27 bits per heavy atom. The van der Waals surface area contributed by atoms with Crippen LogP contribution in [0.2, 0.25) is 0 Å². The highest BCUT2D eigenvalue weighted by molar-refractivity contribution is 5.93. The number of benzene rings is 1. The Bertz CT molecular complexity index is 434. The molecule has 1 aromatic carbocycles. The zero-order valence-electron chi connectivity index (χ0n) is 8.52. The summed E-state index contributed by atoms with van der Waals surface area (Å²) in [6.07, 6.45) is 6.46. The van der Waals surface area contributed by atoms with E-state index in [4.69, 9.17) is 4.84 Å². The zero-order valence-corrected chi connectivity index (χ0v) is 8.52. The number of allylic oxidation sites excluding steroid dienone is 1. The summed E-state index contributed by atoms with van der Waals surface area (Å²) in [5.41, 5.74) is 3.92. The van der Waals surface area contributed by atoms with Gasteiger partial charge in [0.25, 0.3) is 0 Å². The van der Waals surface area contributed by atoms with Crippen molar-refractivity contribution < 1.29 is 4.84 Å². The molecule has 2 nitrogen and oxygen atoms in total. The van der Waals surface area contributed by atoms with Crippen molar-refractivity contribution >= 4 is 11.8 Å². The van der Waals surface area contributed by atoms with Gasteiger partial charge in [0.05, 0.1) is 5.71 Å². The molecular formula is C13H13NO. The summed E-state index contributed by atoms with van der Waals surface area (Å²) >= 11 is 0. The summed E-state index contributed by atoms with van der Waals surface area (Å²) in [6.45, 7) is 0.748. The predicted molar refractivity (Wildman–Crippen MR) is 60.8 cm³/mol. The van der Waals surface area contributed by atoms with Gasteiger partial charge in [-0.1, -0.05) is 41.6 Å². The maximum atomic E-state index is 5.09. The average molecular weight is 199 g/mol. The van der Waals surface area contributed by atoms with Crippen molar-refractivity contribution in [2.75, 3.05) is 6.61 Å². The topological polar surface area (TPSA) is 21.6 Å². The molecule has 0 spiro atoms. The minimum atomic E-state index is 0.439. The number of hydrogen-bond acceptors (Lipinski definition) is 2. The van der Waals surface area contributed by atoms with Crippen LogP contribution in [0.1, 0.15) is 29.9 Å². The van der Waals surface area contributed by atoms with Crippen LogP contribution < -0.4 is 0 Å². The van der Waals surface area contributed by atoms with Crippen LogP contribution in [0.25, 0.3) is 6.08 Å². The fraction of sp³-hybridized carbons (Fsp3) is 0.308. The first-order valence-electron chi connectivity index (χ1n) is 5.39. The molecule has 0 N–H and O–H groups in total. The van der Waals surface area contributed by atoms with E-state index in [0.29, 0.717) is 5.92 Å². The Labute approximate surface area is 89.2 Å². The molecule has 2 heteroatoms. The highest BCUT2D eigenvalue weighted by Crippen LogP contribution is 2.32. The lowest BCUT2D eigenvalue weighted by molar-refractivity contribution is 0.173. The highest BCUT2D eigenvalue weighted by Gasteiger charge is 2.24. The van der Waals surface area contributed by atoms with Crippen molar-refractivity contribution in [3.63, 3.8) is 0 Å². The first kappa shape index (κ1) is 8.72. The van der Waals surface area contributed by atoms with E-state index in [1.807, 2.05) is 0 Å². The van der Waals surface area contributed by atoms with Crippen LogP contribution in [-0.2, 0) is 4.84 Å². The summed E-state index contributed by atoms with van der Waals surface area (Å²) in [7, 11) is 0. The van der Waals surface area contributed by atoms with E-state index in [1.54, 1.807) is 0 Å². The second-order valence-electron chi connectivity index (χ2n) is 3.99. The van der Waals surface area contributed by atoms with Crippen molar-refractivity contribution in [2.45, 2.75) is 18.8 Å². The number of fused-ring (bicyclic) bond motifs is 1. The summed E-state index contributed by atoms with van der Waals surface area (Å²) in [5, 5.41) is 4.14. The Balaban J connectivity index is 2.02. The van der Waals surface area contributed by atoms with Crippen LogP contribution in [0.5, 0.6) is 0 Å². The number of rotatable bonds is 1. The van der Waals surface area contributed by atoms with Crippen molar-refractivity contribution in [3.05, 3.63) is 41.5 Å². The number of oxime groups is 1. The number of nitrogens with zero attached hydrogens (tertiary/aromatic N) is 1. The Morgan fingerprint density at radius 2 is 2.20 bits per heavy atom. The van der Waals surface area contributed by atoms with Crippen LogP contribution in [0, 0.1) is 0 Å². The molecule has 1 aliphatic heterocycles. The summed E-state index contributed by atoms with van der Waals surface area (Å²) in [6, 6.07) is 8.54. The van der Waals surface area contributed by atoms with Gasteiger partial charge in [0.1, 0.15) is 6.61 Å². The molecule has 1 aromatic rings. The molecule has 0 radical (unpaired) electrons. The zero-order chi connectivity index (χ0) is 10.1. The second kappa shape index (κ2) is 3.54. The molecule has 0 fully saturated rings. The smallest absolute Gasteiger partial charge is 0.122 e. The standard InChI is InChI=1S/C13H13NO/c1-2-6-11-10(4-1)5-3-7-12(11)13-8-9-15-14-13/h1-6,12H,7-9H2. The lowest BCUT2D eigenvalue weighted by Crippen LogP contribution is -2.13. The molecule has 0 saturated heterocycles. The minimum absolute atomic E-state index is 0.439. The molecule has 0 aromatic heterocycles. The van der Waals surface area contributed by atoms with E-state index in [0.717, 1.165) is 19.4 Å². The molecule has 0 bridgehead atoms. The molecule has 0 saturated carbocycles. The van der Waals surface area contributed by atoms with Crippen molar-refractivity contribution in [1.82, 2.24) is 0 Å². The number of hydrogen-bond donors (Lipinski definition) is 0.